The zero-order valence-electron chi connectivity index (χ0n) is 20.5. The smallest absolute Gasteiger partial charge is 0.260 e. The fourth-order valence-electron chi connectivity index (χ4n) is 4.46. The van der Waals surface area contributed by atoms with E-state index < -0.39 is 0 Å². The topological polar surface area (TPSA) is 77.1 Å². The lowest BCUT2D eigenvalue weighted by atomic mass is 9.89. The third kappa shape index (κ3) is 5.57. The Morgan fingerprint density at radius 3 is 2.11 bits per heavy atom. The van der Waals surface area contributed by atoms with Gasteiger partial charge in [-0.1, -0.05) is 29.8 Å². The number of carbonyl (C=O) groups is 2. The number of nitrogens with one attached hydrogen (secondary N) is 1. The average Bonchev–Trinajstić information content (AvgIpc) is 2.92. The number of amides is 2. The summed E-state index contributed by atoms with van der Waals surface area (Å²) in [6.45, 7) is 1.32. The van der Waals surface area contributed by atoms with Crippen LogP contribution in [0.4, 0.5) is 5.69 Å². The SMILES string of the molecule is COc1cc(OC)cc(C(=O)N2CCC(c3ccc(NC(=O)c4c(Cl)cccc4OC)cc3)CC2)c1. The van der Waals surface area contributed by atoms with Gasteiger partial charge in [0.1, 0.15) is 22.8 Å². The highest BCUT2D eigenvalue weighted by Crippen LogP contribution is 2.31. The first-order chi connectivity index (χ1) is 17.4. The second kappa shape index (κ2) is 11.4. The molecule has 1 aliphatic heterocycles. The van der Waals surface area contributed by atoms with Crippen molar-refractivity contribution in [2.45, 2.75) is 18.8 Å². The third-order valence-electron chi connectivity index (χ3n) is 6.44. The van der Waals surface area contributed by atoms with Gasteiger partial charge in [0.05, 0.1) is 26.4 Å². The van der Waals surface area contributed by atoms with E-state index in [2.05, 4.69) is 5.32 Å². The zero-order chi connectivity index (χ0) is 25.7. The molecule has 1 heterocycles. The third-order valence-corrected chi connectivity index (χ3v) is 6.76. The van der Waals surface area contributed by atoms with Crippen LogP contribution in [0.15, 0.2) is 60.7 Å². The Hall–Kier alpha value is -3.71. The molecule has 0 aliphatic carbocycles. The molecule has 36 heavy (non-hydrogen) atoms. The monoisotopic (exact) mass is 508 g/mol. The number of piperidine rings is 1. The van der Waals surface area contributed by atoms with Crippen LogP contribution in [0.2, 0.25) is 5.02 Å². The summed E-state index contributed by atoms with van der Waals surface area (Å²) >= 11 is 6.22. The van der Waals surface area contributed by atoms with Crippen molar-refractivity contribution < 1.29 is 23.8 Å². The molecule has 0 unspecified atom stereocenters. The number of anilines is 1. The molecule has 0 saturated carbocycles. The normalized spacial score (nSPS) is 13.7. The minimum atomic E-state index is -0.328. The van der Waals surface area contributed by atoms with E-state index in [-0.39, 0.29) is 11.8 Å². The van der Waals surface area contributed by atoms with Gasteiger partial charge in [0.25, 0.3) is 11.8 Å². The molecular weight excluding hydrogens is 480 g/mol. The van der Waals surface area contributed by atoms with Crippen molar-refractivity contribution in [1.29, 1.82) is 0 Å². The number of halogens is 1. The molecule has 1 fully saturated rings. The molecule has 0 atom stereocenters. The summed E-state index contributed by atoms with van der Waals surface area (Å²) in [5.74, 6) is 1.58. The first-order valence-electron chi connectivity index (χ1n) is 11.7. The second-order valence-corrected chi connectivity index (χ2v) is 8.97. The van der Waals surface area contributed by atoms with E-state index in [0.29, 0.717) is 58.1 Å². The number of hydrogen-bond donors (Lipinski definition) is 1. The molecule has 0 aromatic heterocycles. The standard InChI is InChI=1S/C28H29ClN2O5/c1-34-22-15-20(16-23(17-22)35-2)28(33)31-13-11-19(12-14-31)18-7-9-21(10-8-18)30-27(32)26-24(29)5-4-6-25(26)36-3/h4-10,15-17,19H,11-14H2,1-3H3,(H,30,32). The Labute approximate surface area is 215 Å². The number of nitrogens with zero attached hydrogens (tertiary/aromatic N) is 1. The molecule has 8 heteroatoms. The Morgan fingerprint density at radius 1 is 0.889 bits per heavy atom. The van der Waals surface area contributed by atoms with Crippen molar-refractivity contribution in [2.75, 3.05) is 39.7 Å². The average molecular weight is 509 g/mol. The quantitative estimate of drug-likeness (QED) is 0.447. The van der Waals surface area contributed by atoms with Crippen LogP contribution >= 0.6 is 11.6 Å². The highest BCUT2D eigenvalue weighted by Gasteiger charge is 2.25. The molecule has 3 aromatic rings. The predicted octanol–water partition coefficient (Wildman–Crippen LogP) is 5.64. The van der Waals surface area contributed by atoms with Gasteiger partial charge in [-0.15, -0.1) is 0 Å². The molecule has 0 radical (unpaired) electrons. The van der Waals surface area contributed by atoms with Crippen LogP contribution in [-0.4, -0.2) is 51.1 Å². The number of ether oxygens (including phenoxy) is 3. The first kappa shape index (κ1) is 25.4. The van der Waals surface area contributed by atoms with Gasteiger partial charge in [0.2, 0.25) is 0 Å². The van der Waals surface area contributed by atoms with E-state index in [9.17, 15) is 9.59 Å². The summed E-state index contributed by atoms with van der Waals surface area (Å²) in [4.78, 5) is 27.7. The molecule has 188 valence electrons. The predicted molar refractivity (Wildman–Crippen MR) is 140 cm³/mol. The van der Waals surface area contributed by atoms with Crippen LogP contribution in [0.25, 0.3) is 0 Å². The fraction of sp³-hybridized carbons (Fsp3) is 0.286. The van der Waals surface area contributed by atoms with Crippen molar-refractivity contribution in [1.82, 2.24) is 4.90 Å². The van der Waals surface area contributed by atoms with Gasteiger partial charge in [0, 0.05) is 30.4 Å². The molecule has 0 bridgehead atoms. The van der Waals surface area contributed by atoms with E-state index in [4.69, 9.17) is 25.8 Å². The summed E-state index contributed by atoms with van der Waals surface area (Å²) in [6, 6.07) is 18.1. The summed E-state index contributed by atoms with van der Waals surface area (Å²) in [5.41, 5.74) is 2.71. The Balaban J connectivity index is 1.37. The number of benzene rings is 3. The Kier molecular flexibility index (Phi) is 8.00. The highest BCUT2D eigenvalue weighted by atomic mass is 35.5. The van der Waals surface area contributed by atoms with Crippen LogP contribution in [-0.2, 0) is 0 Å². The lowest BCUT2D eigenvalue weighted by Crippen LogP contribution is -2.37. The largest absolute Gasteiger partial charge is 0.497 e. The van der Waals surface area contributed by atoms with E-state index in [1.165, 1.54) is 12.7 Å². The van der Waals surface area contributed by atoms with Crippen molar-refractivity contribution in [3.63, 3.8) is 0 Å². The molecule has 0 spiro atoms. The molecule has 3 aromatic carbocycles. The molecule has 1 N–H and O–H groups in total. The van der Waals surface area contributed by atoms with E-state index in [1.54, 1.807) is 50.6 Å². The summed E-state index contributed by atoms with van der Waals surface area (Å²) in [7, 11) is 4.64. The number of methoxy groups -OCH3 is 3. The maximum Gasteiger partial charge on any atom is 0.260 e. The fourth-order valence-corrected chi connectivity index (χ4v) is 4.71. The lowest BCUT2D eigenvalue weighted by Gasteiger charge is -2.32. The highest BCUT2D eigenvalue weighted by molar-refractivity contribution is 6.35. The first-order valence-corrected chi connectivity index (χ1v) is 12.1. The van der Waals surface area contributed by atoms with E-state index in [0.717, 1.165) is 12.8 Å². The maximum absolute atomic E-state index is 13.1. The van der Waals surface area contributed by atoms with Crippen LogP contribution in [0, 0.1) is 0 Å². The summed E-state index contributed by atoms with van der Waals surface area (Å²) < 4.78 is 15.9. The maximum atomic E-state index is 13.1. The van der Waals surface area contributed by atoms with Crippen LogP contribution in [0.1, 0.15) is 45.0 Å². The van der Waals surface area contributed by atoms with E-state index >= 15 is 0 Å². The molecule has 1 saturated heterocycles. The van der Waals surface area contributed by atoms with Crippen molar-refractivity contribution >= 4 is 29.1 Å². The molecule has 1 aliphatic rings. The van der Waals surface area contributed by atoms with Crippen LogP contribution < -0.4 is 19.5 Å². The molecule has 2 amide bonds. The van der Waals surface area contributed by atoms with Crippen molar-refractivity contribution in [3.05, 3.63) is 82.4 Å². The summed E-state index contributed by atoms with van der Waals surface area (Å²) in [6.07, 6.45) is 1.71. The Morgan fingerprint density at radius 2 is 1.53 bits per heavy atom. The van der Waals surface area contributed by atoms with Crippen LogP contribution in [0.5, 0.6) is 17.2 Å². The number of likely N-dealkylation sites (tertiary alicyclic amines) is 1. The van der Waals surface area contributed by atoms with Gasteiger partial charge < -0.3 is 24.4 Å². The zero-order valence-corrected chi connectivity index (χ0v) is 21.3. The number of hydrogen-bond acceptors (Lipinski definition) is 5. The summed E-state index contributed by atoms with van der Waals surface area (Å²) in [5, 5.41) is 3.22. The van der Waals surface area contributed by atoms with Gasteiger partial charge in [-0.05, 0) is 60.7 Å². The van der Waals surface area contributed by atoms with Crippen molar-refractivity contribution in [3.8, 4) is 17.2 Å². The Bertz CT molecular complexity index is 1210. The molecule has 7 nitrogen and oxygen atoms in total. The van der Waals surface area contributed by atoms with Gasteiger partial charge >= 0.3 is 0 Å². The van der Waals surface area contributed by atoms with Gasteiger partial charge in [-0.2, -0.15) is 0 Å². The van der Waals surface area contributed by atoms with E-state index in [1.807, 2.05) is 29.2 Å². The van der Waals surface area contributed by atoms with Gasteiger partial charge in [-0.25, -0.2) is 0 Å². The lowest BCUT2D eigenvalue weighted by molar-refractivity contribution is 0.0712. The second-order valence-electron chi connectivity index (χ2n) is 8.56. The molecule has 4 rings (SSSR count). The number of carbonyl (C=O) groups excluding carboxylic acids is 2. The van der Waals surface area contributed by atoms with Gasteiger partial charge in [0.15, 0.2) is 0 Å². The minimum absolute atomic E-state index is 0.0290. The molecular formula is C28H29ClN2O5. The van der Waals surface area contributed by atoms with Crippen molar-refractivity contribution in [2.24, 2.45) is 0 Å². The number of rotatable bonds is 7. The van der Waals surface area contributed by atoms with Gasteiger partial charge in [-0.3, -0.25) is 9.59 Å². The minimum Gasteiger partial charge on any atom is -0.497 e. The van der Waals surface area contributed by atoms with Crippen LogP contribution in [0.3, 0.4) is 0 Å².